The summed E-state index contributed by atoms with van der Waals surface area (Å²) in [5, 5.41) is 4.76. The second-order valence-corrected chi connectivity index (χ2v) is 6.01. The average Bonchev–Trinajstić information content (AvgIpc) is 2.46. The van der Waals surface area contributed by atoms with E-state index in [2.05, 4.69) is 59.4 Å². The topological polar surface area (TPSA) is 24.9 Å². The molecule has 0 aliphatic rings. The van der Waals surface area contributed by atoms with Crippen LogP contribution in [-0.4, -0.2) is 11.5 Å². The van der Waals surface area contributed by atoms with Gasteiger partial charge in [0.2, 0.25) is 0 Å². The van der Waals surface area contributed by atoms with Crippen LogP contribution in [0.5, 0.6) is 0 Å². The van der Waals surface area contributed by atoms with Crippen molar-refractivity contribution in [1.29, 1.82) is 0 Å². The average molecular weight is 335 g/mol. The van der Waals surface area contributed by atoms with Crippen molar-refractivity contribution in [1.82, 2.24) is 10.3 Å². The van der Waals surface area contributed by atoms with Crippen LogP contribution in [0.4, 0.5) is 0 Å². The predicted octanol–water partition coefficient (Wildman–Crippen LogP) is 5.23. The Morgan fingerprint density at radius 1 is 1.20 bits per heavy atom. The summed E-state index contributed by atoms with van der Waals surface area (Å²) in [5.41, 5.74) is 2.21. The summed E-state index contributed by atoms with van der Waals surface area (Å²) in [6.45, 7) is 5.37. The number of benzene rings is 1. The molecule has 108 valence electrons. The first-order chi connectivity index (χ1) is 9.76. The fourth-order valence-electron chi connectivity index (χ4n) is 2.53. The smallest absolute Gasteiger partial charge is 0.0722 e. The number of nitrogens with zero attached hydrogens (tertiary/aromatic N) is 1. The van der Waals surface area contributed by atoms with Gasteiger partial charge in [-0.25, -0.2) is 4.98 Å². The minimum atomic E-state index is 0.338. The van der Waals surface area contributed by atoms with Gasteiger partial charge in [0.05, 0.1) is 17.3 Å². The Bertz CT molecular complexity index is 554. The van der Waals surface area contributed by atoms with Crippen LogP contribution in [0.25, 0.3) is 10.9 Å². The van der Waals surface area contributed by atoms with Gasteiger partial charge >= 0.3 is 0 Å². The van der Waals surface area contributed by atoms with E-state index >= 15 is 0 Å². The monoisotopic (exact) mass is 334 g/mol. The molecule has 2 rings (SSSR count). The number of rotatable bonds is 7. The molecule has 0 radical (unpaired) electrons. The summed E-state index contributed by atoms with van der Waals surface area (Å²) in [6.07, 6.45) is 4.93. The Balaban J connectivity index is 2.28. The molecule has 2 aromatic rings. The molecule has 0 saturated carbocycles. The van der Waals surface area contributed by atoms with Crippen LogP contribution in [0.15, 0.2) is 34.8 Å². The van der Waals surface area contributed by atoms with E-state index in [1.807, 2.05) is 6.07 Å². The fourth-order valence-corrected chi connectivity index (χ4v) is 3.14. The van der Waals surface area contributed by atoms with E-state index in [4.69, 9.17) is 4.98 Å². The molecule has 0 spiro atoms. The second kappa shape index (κ2) is 7.75. The number of halogens is 1. The number of pyridine rings is 1. The molecule has 0 aliphatic carbocycles. The number of nitrogens with one attached hydrogen (secondary N) is 1. The third-order valence-electron chi connectivity index (χ3n) is 3.58. The lowest BCUT2D eigenvalue weighted by Gasteiger charge is -2.19. The highest BCUT2D eigenvalue weighted by atomic mass is 79.9. The highest BCUT2D eigenvalue weighted by Gasteiger charge is 2.15. The second-order valence-electron chi connectivity index (χ2n) is 5.15. The molecule has 1 N–H and O–H groups in total. The van der Waals surface area contributed by atoms with E-state index < -0.39 is 0 Å². The van der Waals surface area contributed by atoms with E-state index in [1.165, 1.54) is 24.6 Å². The van der Waals surface area contributed by atoms with Gasteiger partial charge in [0.15, 0.2) is 0 Å². The zero-order valence-electron chi connectivity index (χ0n) is 12.3. The molecule has 0 fully saturated rings. The molecule has 0 aliphatic heterocycles. The van der Waals surface area contributed by atoms with Crippen molar-refractivity contribution in [3.63, 3.8) is 0 Å². The normalized spacial score (nSPS) is 12.8. The number of fused-ring (bicyclic) bond motifs is 1. The van der Waals surface area contributed by atoms with E-state index in [9.17, 15) is 0 Å². The van der Waals surface area contributed by atoms with Crippen LogP contribution < -0.4 is 5.32 Å². The fraction of sp³-hybridized carbons (Fsp3) is 0.471. The minimum Gasteiger partial charge on any atom is -0.309 e. The van der Waals surface area contributed by atoms with Crippen molar-refractivity contribution < 1.29 is 0 Å². The standard InChI is InChI=1S/C17H23BrN2/c1-3-5-6-11-16(19-4-2)17-14(18)12-13-9-7-8-10-15(13)20-17/h7-10,12,16,19H,3-6,11H2,1-2H3. The Kier molecular flexibility index (Phi) is 5.99. The number of para-hydroxylation sites is 1. The summed E-state index contributed by atoms with van der Waals surface area (Å²) in [4.78, 5) is 4.86. The molecule has 1 heterocycles. The van der Waals surface area contributed by atoms with Crippen molar-refractivity contribution in [2.75, 3.05) is 6.54 Å². The Hall–Kier alpha value is -0.930. The van der Waals surface area contributed by atoms with Gasteiger partial charge in [-0.1, -0.05) is 51.3 Å². The third-order valence-corrected chi connectivity index (χ3v) is 4.22. The van der Waals surface area contributed by atoms with Crippen LogP contribution >= 0.6 is 15.9 Å². The van der Waals surface area contributed by atoms with Crippen molar-refractivity contribution in [3.05, 3.63) is 40.5 Å². The predicted molar refractivity (Wildman–Crippen MR) is 90.0 cm³/mol. The third kappa shape index (κ3) is 3.80. The van der Waals surface area contributed by atoms with Gasteiger partial charge in [-0.05, 0) is 41.0 Å². The SMILES string of the molecule is CCCCCC(NCC)c1nc2ccccc2cc1Br. The first-order valence-electron chi connectivity index (χ1n) is 7.54. The molecule has 1 atom stereocenters. The van der Waals surface area contributed by atoms with Crippen molar-refractivity contribution >= 4 is 26.8 Å². The zero-order chi connectivity index (χ0) is 14.4. The lowest BCUT2D eigenvalue weighted by molar-refractivity contribution is 0.476. The van der Waals surface area contributed by atoms with Gasteiger partial charge in [0.25, 0.3) is 0 Å². The largest absolute Gasteiger partial charge is 0.309 e. The van der Waals surface area contributed by atoms with Gasteiger partial charge in [-0.15, -0.1) is 0 Å². The summed E-state index contributed by atoms with van der Waals surface area (Å²) in [5.74, 6) is 0. The molecule has 2 nitrogen and oxygen atoms in total. The lowest BCUT2D eigenvalue weighted by Crippen LogP contribution is -2.22. The molecule has 1 unspecified atom stereocenters. The summed E-state index contributed by atoms with van der Waals surface area (Å²) in [7, 11) is 0. The van der Waals surface area contributed by atoms with Gasteiger partial charge in [-0.3, -0.25) is 0 Å². The van der Waals surface area contributed by atoms with Gasteiger partial charge < -0.3 is 5.32 Å². The molecule has 1 aromatic heterocycles. The maximum absolute atomic E-state index is 4.86. The van der Waals surface area contributed by atoms with Crippen molar-refractivity contribution in [2.45, 2.75) is 45.6 Å². The van der Waals surface area contributed by atoms with Crippen LogP contribution in [0, 0.1) is 0 Å². The molecule has 1 aromatic carbocycles. The molecule has 20 heavy (non-hydrogen) atoms. The van der Waals surface area contributed by atoms with Gasteiger partial charge in [-0.2, -0.15) is 0 Å². The first-order valence-corrected chi connectivity index (χ1v) is 8.34. The van der Waals surface area contributed by atoms with E-state index in [0.717, 1.165) is 28.6 Å². The highest BCUT2D eigenvalue weighted by molar-refractivity contribution is 9.10. The number of unbranched alkanes of at least 4 members (excludes halogenated alkanes) is 2. The molecular formula is C17H23BrN2. The van der Waals surface area contributed by atoms with Crippen LogP contribution in [0.1, 0.15) is 51.3 Å². The Morgan fingerprint density at radius 3 is 2.75 bits per heavy atom. The van der Waals surface area contributed by atoms with Gasteiger partial charge in [0.1, 0.15) is 0 Å². The maximum Gasteiger partial charge on any atom is 0.0722 e. The Morgan fingerprint density at radius 2 is 2.00 bits per heavy atom. The number of hydrogen-bond acceptors (Lipinski definition) is 2. The van der Waals surface area contributed by atoms with E-state index in [0.29, 0.717) is 6.04 Å². The Labute approximate surface area is 130 Å². The van der Waals surface area contributed by atoms with E-state index in [-0.39, 0.29) is 0 Å². The maximum atomic E-state index is 4.86. The number of hydrogen-bond donors (Lipinski definition) is 1. The molecule has 0 amide bonds. The summed E-state index contributed by atoms with van der Waals surface area (Å²) in [6, 6.07) is 10.8. The molecule has 3 heteroatoms. The minimum absolute atomic E-state index is 0.338. The van der Waals surface area contributed by atoms with Crippen LogP contribution in [0.3, 0.4) is 0 Å². The molecule has 0 saturated heterocycles. The van der Waals surface area contributed by atoms with E-state index in [1.54, 1.807) is 0 Å². The summed E-state index contributed by atoms with van der Waals surface area (Å²) >= 11 is 3.69. The zero-order valence-corrected chi connectivity index (χ0v) is 13.9. The van der Waals surface area contributed by atoms with Crippen LogP contribution in [-0.2, 0) is 0 Å². The van der Waals surface area contributed by atoms with Crippen LogP contribution in [0.2, 0.25) is 0 Å². The first kappa shape index (κ1) is 15.5. The quantitative estimate of drug-likeness (QED) is 0.701. The number of aromatic nitrogens is 1. The van der Waals surface area contributed by atoms with Gasteiger partial charge in [0, 0.05) is 9.86 Å². The molecule has 0 bridgehead atoms. The lowest BCUT2D eigenvalue weighted by atomic mass is 10.0. The molecular weight excluding hydrogens is 312 g/mol. The van der Waals surface area contributed by atoms with Crippen molar-refractivity contribution in [2.24, 2.45) is 0 Å². The highest BCUT2D eigenvalue weighted by Crippen LogP contribution is 2.28. The summed E-state index contributed by atoms with van der Waals surface area (Å²) < 4.78 is 1.11. The van der Waals surface area contributed by atoms with Crippen molar-refractivity contribution in [3.8, 4) is 0 Å².